The average Bonchev–Trinajstić information content (AvgIpc) is 1.54. The molecule has 2 atom stereocenters. The van der Waals surface area contributed by atoms with E-state index in [1.807, 2.05) is 164 Å². The molecule has 85 heavy (non-hydrogen) atoms. The van der Waals surface area contributed by atoms with Crippen LogP contribution in [-0.2, 0) is 40.8 Å². The third-order valence-corrected chi connectivity index (χ3v) is 15.6. The minimum absolute atomic E-state index is 0.00870. The number of rotatable bonds is 22. The lowest BCUT2D eigenvalue weighted by Crippen LogP contribution is -2.71. The van der Waals surface area contributed by atoms with Gasteiger partial charge >= 0.3 is 12.1 Å². The summed E-state index contributed by atoms with van der Waals surface area (Å²) < 4.78 is 23.1. The van der Waals surface area contributed by atoms with E-state index in [0.717, 1.165) is 38.3 Å². The number of anilines is 1. The van der Waals surface area contributed by atoms with Gasteiger partial charge in [-0.05, 0) is 77.9 Å². The first-order valence-corrected chi connectivity index (χ1v) is 28.8. The van der Waals surface area contributed by atoms with Crippen molar-refractivity contribution in [2.24, 2.45) is 5.16 Å². The van der Waals surface area contributed by atoms with Crippen molar-refractivity contribution >= 4 is 64.0 Å². The molecule has 3 N–H and O–H groups in total. The van der Waals surface area contributed by atoms with Crippen molar-refractivity contribution in [2.45, 2.75) is 56.0 Å². The highest BCUT2D eigenvalue weighted by atomic mass is 32.2. The molecule has 2 aliphatic rings. The molecule has 18 nitrogen and oxygen atoms in total. The molecule has 0 spiro atoms. The zero-order valence-electron chi connectivity index (χ0n) is 46.5. The van der Waals surface area contributed by atoms with Crippen LogP contribution < -0.4 is 30.4 Å². The first-order chi connectivity index (χ1) is 41.2. The fourth-order valence-corrected chi connectivity index (χ4v) is 11.7. The highest BCUT2D eigenvalue weighted by molar-refractivity contribution is 8.00. The summed E-state index contributed by atoms with van der Waals surface area (Å²) in [4.78, 5) is 86.5. The van der Waals surface area contributed by atoms with E-state index >= 15 is 0 Å². The van der Waals surface area contributed by atoms with E-state index in [-0.39, 0.29) is 46.5 Å². The summed E-state index contributed by atoms with van der Waals surface area (Å²) in [6.45, 7) is 4.31. The Morgan fingerprint density at radius 2 is 1.36 bits per heavy atom. The molecular formula is C65H58N6O12S2. The Morgan fingerprint density at radius 3 is 1.92 bits per heavy atom. The highest BCUT2D eigenvalue weighted by Gasteiger charge is 2.54. The van der Waals surface area contributed by atoms with Crippen LogP contribution in [0.3, 0.4) is 0 Å². The Kier molecular flexibility index (Phi) is 17.9. The SMILES string of the molecule is COc1ccc(COc2cn(OC(c3ccccc3)c3ccccc3)c(C=CC3=C(C(=O)O)N4C(=O)[C@@H](NC(=O)/C(=N\OCOC(=O)OC(C)(C)C)c5csc(NC(c6ccccc6)(c6ccccc6)c6ccccc6)n5)[C@H]4SC3)cc2=O)cc1. The van der Waals surface area contributed by atoms with Crippen LogP contribution in [0.25, 0.3) is 6.08 Å². The van der Waals surface area contributed by atoms with E-state index in [1.54, 1.807) is 51.5 Å². The Hall–Kier alpha value is -9.92. The van der Waals surface area contributed by atoms with Crippen LogP contribution in [0.1, 0.15) is 71.6 Å². The number of carbonyl (C=O) groups excluding carboxylic acids is 3. The van der Waals surface area contributed by atoms with Crippen LogP contribution in [0, 0.1) is 0 Å². The summed E-state index contributed by atoms with van der Waals surface area (Å²) in [5.74, 6) is -2.27. The summed E-state index contributed by atoms with van der Waals surface area (Å²) in [7, 11) is 1.57. The number of thioether (sulfide) groups is 1. The maximum absolute atomic E-state index is 14.6. The van der Waals surface area contributed by atoms with E-state index in [0.29, 0.717) is 10.9 Å². The molecule has 2 aliphatic heterocycles. The summed E-state index contributed by atoms with van der Waals surface area (Å²) >= 11 is 2.41. The number of nitrogens with zero attached hydrogens (tertiary/aromatic N) is 4. The number of aliphatic carboxylic acids is 1. The molecule has 0 aliphatic carbocycles. The number of benzene rings is 6. The molecule has 432 valence electrons. The first-order valence-electron chi connectivity index (χ1n) is 26.8. The Bertz CT molecular complexity index is 3680. The lowest BCUT2D eigenvalue weighted by molar-refractivity contribution is -0.150. The van der Waals surface area contributed by atoms with Gasteiger partial charge in [-0.15, -0.1) is 23.1 Å². The van der Waals surface area contributed by atoms with Gasteiger partial charge in [0.25, 0.3) is 18.6 Å². The Labute approximate surface area is 497 Å². The molecule has 0 unspecified atom stereocenters. The number of methoxy groups -OCH3 is 1. The predicted molar refractivity (Wildman–Crippen MR) is 323 cm³/mol. The number of thiazole rings is 1. The van der Waals surface area contributed by atoms with Crippen LogP contribution in [0.2, 0.25) is 0 Å². The smallest absolute Gasteiger partial charge is 0.497 e. The van der Waals surface area contributed by atoms with Crippen LogP contribution >= 0.6 is 23.1 Å². The van der Waals surface area contributed by atoms with Gasteiger partial charge in [0.15, 0.2) is 22.7 Å². The molecule has 1 saturated heterocycles. The van der Waals surface area contributed by atoms with Gasteiger partial charge in [0.2, 0.25) is 5.43 Å². The molecule has 10 rings (SSSR count). The summed E-state index contributed by atoms with van der Waals surface area (Å²) in [5, 5.41) is 22.4. The van der Waals surface area contributed by atoms with Gasteiger partial charge in [-0.25, -0.2) is 14.6 Å². The minimum atomic E-state index is -1.40. The maximum Gasteiger partial charge on any atom is 0.511 e. The van der Waals surface area contributed by atoms with Gasteiger partial charge in [0.05, 0.1) is 19.0 Å². The van der Waals surface area contributed by atoms with Gasteiger partial charge in [-0.2, -0.15) is 4.73 Å². The highest BCUT2D eigenvalue weighted by Crippen LogP contribution is 2.43. The van der Waals surface area contributed by atoms with Crippen molar-refractivity contribution in [1.82, 2.24) is 19.9 Å². The van der Waals surface area contributed by atoms with Crippen LogP contribution in [0.15, 0.2) is 221 Å². The lowest BCUT2D eigenvalue weighted by atomic mass is 9.77. The topological polar surface area (TPSA) is 218 Å². The van der Waals surface area contributed by atoms with E-state index in [1.165, 1.54) is 46.2 Å². The molecule has 8 aromatic rings. The Morgan fingerprint density at radius 1 is 0.788 bits per heavy atom. The van der Waals surface area contributed by atoms with Gasteiger partial charge < -0.3 is 44.4 Å². The number of nitrogens with one attached hydrogen (secondary N) is 2. The third-order valence-electron chi connectivity index (χ3n) is 13.6. The maximum atomic E-state index is 14.6. The van der Waals surface area contributed by atoms with Crippen molar-refractivity contribution in [3.8, 4) is 11.5 Å². The second kappa shape index (κ2) is 26.1. The fraction of sp³-hybridized carbons (Fsp3) is 0.185. The third kappa shape index (κ3) is 13.5. The number of hydrogen-bond donors (Lipinski definition) is 3. The summed E-state index contributed by atoms with van der Waals surface area (Å²) in [6, 6.07) is 55.9. The molecule has 2 aromatic heterocycles. The van der Waals surface area contributed by atoms with E-state index in [2.05, 4.69) is 15.8 Å². The zero-order chi connectivity index (χ0) is 59.5. The van der Waals surface area contributed by atoms with Crippen molar-refractivity contribution in [3.05, 3.63) is 266 Å². The second-order valence-electron chi connectivity index (χ2n) is 20.4. The number of hydrogen-bond acceptors (Lipinski definition) is 16. The minimum Gasteiger partial charge on any atom is -0.497 e. The standard InChI is InChI=1S/C65H58N6O12S2/c1-64(2,3)82-63(77)80-41-81-69-54(51-40-85-62(66-51)68-65(46-24-14-7-15-25-46,47-26-16-8-17-27-47)48-28-18-9-19-29-48)58(73)67-55-59(74)71-56(61(75)76)45(39-84-60(55)71)32-33-49-36-52(72)53(79-38-42-30-34-50(78-4)35-31-42)37-70(49)83-57(43-20-10-5-11-21-43)44-22-12-6-13-23-44/h5-37,40,55,57,60H,38-39,41H2,1-4H3,(H,66,68)(H,67,73)(H,75,76)/b33-32?,69-54-/t55-,60-/m1/s1. The van der Waals surface area contributed by atoms with Gasteiger partial charge in [0.1, 0.15) is 46.3 Å². The van der Waals surface area contributed by atoms with Crippen LogP contribution in [0.5, 0.6) is 11.5 Å². The van der Waals surface area contributed by atoms with E-state index < -0.39 is 64.8 Å². The molecule has 6 aromatic carbocycles. The molecule has 4 heterocycles. The number of allylic oxidation sites excluding steroid dienone is 1. The van der Waals surface area contributed by atoms with Crippen LogP contribution in [0.4, 0.5) is 9.93 Å². The number of oxime groups is 1. The number of carbonyl (C=O) groups is 4. The number of pyridine rings is 1. The number of ether oxygens (including phenoxy) is 4. The zero-order valence-corrected chi connectivity index (χ0v) is 48.2. The number of fused-ring (bicyclic) bond motifs is 1. The number of aromatic nitrogens is 2. The molecule has 1 fully saturated rings. The van der Waals surface area contributed by atoms with Crippen molar-refractivity contribution < 1.29 is 52.9 Å². The monoisotopic (exact) mass is 1180 g/mol. The second-order valence-corrected chi connectivity index (χ2v) is 22.3. The normalized spacial score (nSPS) is 15.1. The van der Waals surface area contributed by atoms with E-state index in [4.69, 9.17) is 33.6 Å². The first kappa shape index (κ1) is 58.3. The lowest BCUT2D eigenvalue weighted by Gasteiger charge is -2.49. The average molecular weight is 1180 g/mol. The molecule has 20 heteroatoms. The number of carboxylic acids is 1. The number of amides is 2. The molecule has 2 amide bonds. The molecular weight excluding hydrogens is 1120 g/mol. The number of carboxylic acid groups (broad SMARTS) is 1. The van der Waals surface area contributed by atoms with Crippen molar-refractivity contribution in [1.29, 1.82) is 0 Å². The Balaban J connectivity index is 0.931. The predicted octanol–water partition coefficient (Wildman–Crippen LogP) is 10.6. The number of β-lactam (4-membered cyclic amide) rings is 1. The van der Waals surface area contributed by atoms with Crippen LogP contribution in [-0.4, -0.2) is 86.0 Å². The summed E-state index contributed by atoms with van der Waals surface area (Å²) in [6.07, 6.45) is 2.80. The van der Waals surface area contributed by atoms with Gasteiger partial charge in [-0.1, -0.05) is 175 Å². The van der Waals surface area contributed by atoms with Gasteiger partial charge in [-0.3, -0.25) is 19.3 Å². The molecule has 0 radical (unpaired) electrons. The van der Waals surface area contributed by atoms with Gasteiger partial charge in [0, 0.05) is 17.2 Å². The molecule has 0 saturated carbocycles. The molecule has 0 bridgehead atoms. The quantitative estimate of drug-likeness (QED) is 0.0109. The van der Waals surface area contributed by atoms with Crippen molar-refractivity contribution in [3.63, 3.8) is 0 Å². The summed E-state index contributed by atoms with van der Waals surface area (Å²) in [5.41, 5.74) is 2.61. The largest absolute Gasteiger partial charge is 0.511 e. The van der Waals surface area contributed by atoms with E-state index in [9.17, 15) is 29.1 Å². The fourth-order valence-electron chi connectivity index (χ4n) is 9.60. The van der Waals surface area contributed by atoms with Crippen molar-refractivity contribution in [2.75, 3.05) is 25.0 Å².